The first-order chi connectivity index (χ1) is 8.93. The Kier molecular flexibility index (Phi) is 4.36. The molecule has 0 saturated heterocycles. The molecule has 0 N–H and O–H groups in total. The van der Waals surface area contributed by atoms with Crippen LogP contribution in [0.1, 0.15) is 35.3 Å². The summed E-state index contributed by atoms with van der Waals surface area (Å²) in [6, 6.07) is 1.02. The quantitative estimate of drug-likeness (QED) is 0.601. The summed E-state index contributed by atoms with van der Waals surface area (Å²) in [5.41, 5.74) is -4.34. The van der Waals surface area contributed by atoms with Crippen LogP contribution < -0.4 is 0 Å². The molecule has 0 saturated carbocycles. The van der Waals surface area contributed by atoms with E-state index in [1.165, 1.54) is 13.8 Å². The maximum Gasteiger partial charge on any atom is 0.417 e. The van der Waals surface area contributed by atoms with E-state index >= 15 is 0 Å². The van der Waals surface area contributed by atoms with Crippen LogP contribution >= 0.6 is 0 Å². The fourth-order valence-electron chi connectivity index (χ4n) is 1.44. The molecule has 2 nitrogen and oxygen atoms in total. The SMILES string of the molecule is CC(C)OC(=O)c1ccc(C(F)(F)F)c(C(F)(F)F)c1. The lowest BCUT2D eigenvalue weighted by Gasteiger charge is -2.16. The number of hydrogen-bond acceptors (Lipinski definition) is 2. The summed E-state index contributed by atoms with van der Waals surface area (Å²) >= 11 is 0. The van der Waals surface area contributed by atoms with E-state index in [1.807, 2.05) is 0 Å². The highest BCUT2D eigenvalue weighted by molar-refractivity contribution is 5.89. The molecular formula is C12H10F6O2. The van der Waals surface area contributed by atoms with Gasteiger partial charge in [0.15, 0.2) is 0 Å². The second-order valence-electron chi connectivity index (χ2n) is 4.21. The van der Waals surface area contributed by atoms with Gasteiger partial charge in [0.2, 0.25) is 0 Å². The lowest BCUT2D eigenvalue weighted by atomic mass is 10.0. The molecule has 0 aliphatic carbocycles. The van der Waals surface area contributed by atoms with E-state index in [0.29, 0.717) is 6.07 Å². The van der Waals surface area contributed by atoms with Crippen molar-refractivity contribution in [3.8, 4) is 0 Å². The number of carbonyl (C=O) groups is 1. The van der Waals surface area contributed by atoms with Crippen LogP contribution in [-0.4, -0.2) is 12.1 Å². The van der Waals surface area contributed by atoms with Crippen molar-refractivity contribution in [2.45, 2.75) is 32.3 Å². The van der Waals surface area contributed by atoms with E-state index in [4.69, 9.17) is 0 Å². The molecule has 1 aromatic rings. The zero-order chi connectivity index (χ0) is 15.7. The summed E-state index contributed by atoms with van der Waals surface area (Å²) in [5.74, 6) is -1.11. The zero-order valence-electron chi connectivity index (χ0n) is 10.4. The van der Waals surface area contributed by atoms with Gasteiger partial charge < -0.3 is 4.74 Å². The van der Waals surface area contributed by atoms with Crippen molar-refractivity contribution in [1.29, 1.82) is 0 Å². The predicted octanol–water partition coefficient (Wildman–Crippen LogP) is 4.29. The number of benzene rings is 1. The summed E-state index contributed by atoms with van der Waals surface area (Å²) < 4.78 is 80.1. The Morgan fingerprint density at radius 3 is 1.90 bits per heavy atom. The number of rotatable bonds is 2. The third-order valence-electron chi connectivity index (χ3n) is 2.21. The highest BCUT2D eigenvalue weighted by Crippen LogP contribution is 2.40. The lowest BCUT2D eigenvalue weighted by Crippen LogP contribution is -2.19. The molecule has 0 radical (unpaired) electrons. The van der Waals surface area contributed by atoms with E-state index in [0.717, 1.165) is 0 Å². The van der Waals surface area contributed by atoms with Crippen LogP contribution in [0.4, 0.5) is 26.3 Å². The minimum Gasteiger partial charge on any atom is -0.459 e. The molecule has 8 heteroatoms. The average molecular weight is 300 g/mol. The summed E-state index contributed by atoms with van der Waals surface area (Å²) in [4.78, 5) is 11.4. The Morgan fingerprint density at radius 2 is 1.50 bits per heavy atom. The number of halogens is 6. The molecule has 112 valence electrons. The second kappa shape index (κ2) is 5.34. The van der Waals surface area contributed by atoms with Crippen LogP contribution in [0.5, 0.6) is 0 Å². The molecule has 1 aromatic carbocycles. The Morgan fingerprint density at radius 1 is 1.00 bits per heavy atom. The Hall–Kier alpha value is -1.73. The fourth-order valence-corrected chi connectivity index (χ4v) is 1.44. The average Bonchev–Trinajstić information content (AvgIpc) is 2.24. The predicted molar refractivity (Wildman–Crippen MR) is 57.0 cm³/mol. The van der Waals surface area contributed by atoms with Crippen molar-refractivity contribution in [3.63, 3.8) is 0 Å². The first-order valence-corrected chi connectivity index (χ1v) is 5.42. The highest BCUT2D eigenvalue weighted by atomic mass is 19.4. The van der Waals surface area contributed by atoms with Gasteiger partial charge in [-0.25, -0.2) is 4.79 Å². The zero-order valence-corrected chi connectivity index (χ0v) is 10.4. The minimum atomic E-state index is -5.22. The minimum absolute atomic E-state index is 0.146. The molecule has 0 atom stereocenters. The smallest absolute Gasteiger partial charge is 0.417 e. The normalized spacial score (nSPS) is 12.7. The standard InChI is InChI=1S/C12H10F6O2/c1-6(2)20-10(19)7-3-4-8(11(13,14)15)9(5-7)12(16,17)18/h3-6H,1-2H3. The number of alkyl halides is 6. The van der Waals surface area contributed by atoms with E-state index in [9.17, 15) is 31.1 Å². The van der Waals surface area contributed by atoms with Gasteiger partial charge in [-0.1, -0.05) is 0 Å². The molecule has 0 fully saturated rings. The van der Waals surface area contributed by atoms with Crippen molar-refractivity contribution in [2.24, 2.45) is 0 Å². The van der Waals surface area contributed by atoms with E-state index in [2.05, 4.69) is 4.74 Å². The van der Waals surface area contributed by atoms with Gasteiger partial charge in [-0.2, -0.15) is 26.3 Å². The van der Waals surface area contributed by atoms with Crippen LogP contribution in [-0.2, 0) is 17.1 Å². The topological polar surface area (TPSA) is 26.3 Å². The molecule has 0 aliphatic heterocycles. The molecule has 0 aromatic heterocycles. The van der Waals surface area contributed by atoms with Crippen LogP contribution in [0.15, 0.2) is 18.2 Å². The van der Waals surface area contributed by atoms with E-state index in [-0.39, 0.29) is 12.1 Å². The van der Waals surface area contributed by atoms with Crippen molar-refractivity contribution in [3.05, 3.63) is 34.9 Å². The number of hydrogen-bond donors (Lipinski definition) is 0. The maximum atomic E-state index is 12.6. The van der Waals surface area contributed by atoms with E-state index in [1.54, 1.807) is 0 Å². The van der Waals surface area contributed by atoms with Crippen LogP contribution in [0.2, 0.25) is 0 Å². The third-order valence-corrected chi connectivity index (χ3v) is 2.21. The van der Waals surface area contributed by atoms with Gasteiger partial charge in [0.1, 0.15) is 0 Å². The first kappa shape index (κ1) is 16.3. The molecule has 0 heterocycles. The number of carbonyl (C=O) groups excluding carboxylic acids is 1. The molecule has 0 spiro atoms. The molecular weight excluding hydrogens is 290 g/mol. The summed E-state index contributed by atoms with van der Waals surface area (Å²) in [6.07, 6.45) is -11.0. The number of esters is 1. The van der Waals surface area contributed by atoms with Crippen LogP contribution in [0.3, 0.4) is 0 Å². The summed E-state index contributed by atoms with van der Waals surface area (Å²) in [5, 5.41) is 0. The largest absolute Gasteiger partial charge is 0.459 e. The van der Waals surface area contributed by atoms with Gasteiger partial charge in [-0.05, 0) is 32.0 Å². The van der Waals surface area contributed by atoms with Gasteiger partial charge in [-0.15, -0.1) is 0 Å². The third kappa shape index (κ3) is 3.88. The summed E-state index contributed by atoms with van der Waals surface area (Å²) in [7, 11) is 0. The van der Waals surface area contributed by atoms with Crippen molar-refractivity contribution < 1.29 is 35.9 Å². The summed E-state index contributed by atoms with van der Waals surface area (Å²) in [6.45, 7) is 2.93. The van der Waals surface area contributed by atoms with Gasteiger partial charge in [0, 0.05) is 0 Å². The van der Waals surface area contributed by atoms with Crippen molar-refractivity contribution >= 4 is 5.97 Å². The molecule has 0 aliphatic rings. The lowest BCUT2D eigenvalue weighted by molar-refractivity contribution is -0.162. The monoisotopic (exact) mass is 300 g/mol. The molecule has 0 amide bonds. The van der Waals surface area contributed by atoms with Crippen LogP contribution in [0, 0.1) is 0 Å². The highest BCUT2D eigenvalue weighted by Gasteiger charge is 2.43. The van der Waals surface area contributed by atoms with Gasteiger partial charge in [0.25, 0.3) is 0 Å². The molecule has 20 heavy (non-hydrogen) atoms. The van der Waals surface area contributed by atoms with Gasteiger partial charge in [0.05, 0.1) is 22.8 Å². The Balaban J connectivity index is 3.33. The Labute approximate surface area is 110 Å². The Bertz CT molecular complexity index is 502. The maximum absolute atomic E-state index is 12.6. The molecule has 0 unspecified atom stereocenters. The van der Waals surface area contributed by atoms with E-state index < -0.39 is 41.1 Å². The van der Waals surface area contributed by atoms with Gasteiger partial charge >= 0.3 is 18.3 Å². The van der Waals surface area contributed by atoms with Gasteiger partial charge in [-0.3, -0.25) is 0 Å². The molecule has 0 bridgehead atoms. The first-order valence-electron chi connectivity index (χ1n) is 5.42. The fraction of sp³-hybridized carbons (Fsp3) is 0.417. The van der Waals surface area contributed by atoms with Crippen LogP contribution in [0.25, 0.3) is 0 Å². The van der Waals surface area contributed by atoms with Crippen molar-refractivity contribution in [2.75, 3.05) is 0 Å². The second-order valence-corrected chi connectivity index (χ2v) is 4.21. The number of ether oxygens (including phenoxy) is 1. The molecule has 1 rings (SSSR count). The van der Waals surface area contributed by atoms with Crippen molar-refractivity contribution in [1.82, 2.24) is 0 Å².